The molecule has 1 rings (SSSR count). The predicted octanol–water partition coefficient (Wildman–Crippen LogP) is 1.83. The monoisotopic (exact) mass is 250 g/mol. The molecule has 5 heteroatoms. The zero-order valence-corrected chi connectivity index (χ0v) is 8.60. The zero-order chi connectivity index (χ0) is 8.97. The van der Waals surface area contributed by atoms with Crippen LogP contribution in [0, 0.1) is 0 Å². The topological polar surface area (TPSA) is 48.1 Å². The van der Waals surface area contributed by atoms with Crippen molar-refractivity contribution in [1.82, 2.24) is 4.98 Å². The van der Waals surface area contributed by atoms with E-state index in [2.05, 4.69) is 20.9 Å². The number of pyridine rings is 1. The Morgan fingerprint density at radius 3 is 3.00 bits per heavy atom. The summed E-state index contributed by atoms with van der Waals surface area (Å²) in [5.41, 5.74) is 5.27. The summed E-state index contributed by atoms with van der Waals surface area (Å²) in [7, 11) is 0. The van der Waals surface area contributed by atoms with Gasteiger partial charge in [0.15, 0.2) is 5.75 Å². The number of ether oxygens (including phenoxy) is 1. The van der Waals surface area contributed by atoms with E-state index < -0.39 is 0 Å². The Bertz CT molecular complexity index is 249. The van der Waals surface area contributed by atoms with E-state index in [4.69, 9.17) is 22.1 Å². The lowest BCUT2D eigenvalue weighted by molar-refractivity contribution is 0.325. The van der Waals surface area contributed by atoms with Crippen LogP contribution in [0.15, 0.2) is 16.9 Å². The first-order valence-corrected chi connectivity index (χ1v) is 4.55. The Kier molecular flexibility index (Phi) is 3.78. The maximum Gasteiger partial charge on any atom is 0.170 e. The van der Waals surface area contributed by atoms with Crippen LogP contribution >= 0.6 is 27.5 Å². The second-order valence-electron chi connectivity index (χ2n) is 2.05. The first-order chi connectivity index (χ1) is 5.75. The summed E-state index contributed by atoms with van der Waals surface area (Å²) in [6.07, 6.45) is 1.60. The highest BCUT2D eigenvalue weighted by Gasteiger charge is 2.05. The van der Waals surface area contributed by atoms with Gasteiger partial charge in [0, 0.05) is 12.7 Å². The van der Waals surface area contributed by atoms with Crippen molar-refractivity contribution in [1.29, 1.82) is 0 Å². The predicted molar refractivity (Wildman–Crippen MR) is 51.5 cm³/mol. The fourth-order valence-electron chi connectivity index (χ4n) is 0.690. The van der Waals surface area contributed by atoms with E-state index in [-0.39, 0.29) is 0 Å². The SMILES string of the molecule is NCCOc1c(Cl)ccnc1Br. The Labute approximate surface area is 84.0 Å². The number of aromatic nitrogens is 1. The molecule has 1 aromatic rings. The summed E-state index contributed by atoms with van der Waals surface area (Å²) in [5, 5.41) is 0.533. The number of hydrogen-bond donors (Lipinski definition) is 1. The number of nitrogens with two attached hydrogens (primary N) is 1. The Morgan fingerprint density at radius 1 is 1.67 bits per heavy atom. The largest absolute Gasteiger partial charge is 0.488 e. The molecule has 0 atom stereocenters. The van der Waals surface area contributed by atoms with E-state index in [9.17, 15) is 0 Å². The quantitative estimate of drug-likeness (QED) is 0.834. The fourth-order valence-corrected chi connectivity index (χ4v) is 1.45. The smallest absolute Gasteiger partial charge is 0.170 e. The van der Waals surface area contributed by atoms with Crippen molar-refractivity contribution in [3.8, 4) is 5.75 Å². The molecule has 12 heavy (non-hydrogen) atoms. The second kappa shape index (κ2) is 4.64. The van der Waals surface area contributed by atoms with Gasteiger partial charge in [0.05, 0.1) is 5.02 Å². The summed E-state index contributed by atoms with van der Waals surface area (Å²) in [6.45, 7) is 0.891. The third-order valence-electron chi connectivity index (χ3n) is 1.18. The molecule has 0 unspecified atom stereocenters. The molecular weight excluding hydrogens is 243 g/mol. The van der Waals surface area contributed by atoms with Crippen LogP contribution < -0.4 is 10.5 Å². The summed E-state index contributed by atoms with van der Waals surface area (Å²) in [5.74, 6) is 0.546. The molecule has 1 heterocycles. The molecule has 0 aliphatic heterocycles. The van der Waals surface area contributed by atoms with Crippen molar-refractivity contribution >= 4 is 27.5 Å². The van der Waals surface area contributed by atoms with Crippen molar-refractivity contribution in [3.63, 3.8) is 0 Å². The molecule has 0 bridgehead atoms. The highest BCUT2D eigenvalue weighted by Crippen LogP contribution is 2.30. The Balaban J connectivity index is 2.81. The fraction of sp³-hybridized carbons (Fsp3) is 0.286. The van der Waals surface area contributed by atoms with Gasteiger partial charge in [0.25, 0.3) is 0 Å². The number of halogens is 2. The van der Waals surface area contributed by atoms with Crippen LogP contribution in [0.4, 0.5) is 0 Å². The highest BCUT2D eigenvalue weighted by atomic mass is 79.9. The minimum Gasteiger partial charge on any atom is -0.488 e. The van der Waals surface area contributed by atoms with E-state index in [0.717, 1.165) is 0 Å². The minimum atomic E-state index is 0.435. The van der Waals surface area contributed by atoms with E-state index in [1.54, 1.807) is 12.3 Å². The molecule has 0 spiro atoms. The van der Waals surface area contributed by atoms with Crippen LogP contribution in [-0.4, -0.2) is 18.1 Å². The van der Waals surface area contributed by atoms with Crippen LogP contribution in [0.5, 0.6) is 5.75 Å². The maximum absolute atomic E-state index is 5.83. The molecule has 0 aliphatic rings. The van der Waals surface area contributed by atoms with Gasteiger partial charge >= 0.3 is 0 Å². The Hall–Kier alpha value is -0.320. The van der Waals surface area contributed by atoms with Gasteiger partial charge in [-0.15, -0.1) is 0 Å². The van der Waals surface area contributed by atoms with E-state index >= 15 is 0 Å². The van der Waals surface area contributed by atoms with E-state index in [1.165, 1.54) is 0 Å². The third-order valence-corrected chi connectivity index (χ3v) is 2.04. The lowest BCUT2D eigenvalue weighted by Gasteiger charge is -2.06. The van der Waals surface area contributed by atoms with E-state index in [0.29, 0.717) is 28.5 Å². The van der Waals surface area contributed by atoms with Crippen molar-refractivity contribution in [2.24, 2.45) is 5.73 Å². The molecule has 2 N–H and O–H groups in total. The van der Waals surface area contributed by atoms with Gasteiger partial charge in [-0.3, -0.25) is 0 Å². The molecule has 0 fully saturated rings. The molecule has 0 amide bonds. The minimum absolute atomic E-state index is 0.435. The lowest BCUT2D eigenvalue weighted by atomic mass is 10.4. The first-order valence-electron chi connectivity index (χ1n) is 3.38. The van der Waals surface area contributed by atoms with Gasteiger partial charge in [0.1, 0.15) is 11.2 Å². The van der Waals surface area contributed by atoms with E-state index in [1.807, 2.05) is 0 Å². The van der Waals surface area contributed by atoms with Crippen molar-refractivity contribution in [2.45, 2.75) is 0 Å². The highest BCUT2D eigenvalue weighted by molar-refractivity contribution is 9.10. The normalized spacial score (nSPS) is 9.92. The van der Waals surface area contributed by atoms with Crippen LogP contribution in [-0.2, 0) is 0 Å². The molecule has 0 saturated carbocycles. The molecule has 3 nitrogen and oxygen atoms in total. The third kappa shape index (κ3) is 2.33. The van der Waals surface area contributed by atoms with Crippen LogP contribution in [0.3, 0.4) is 0 Å². The molecular formula is C7H8BrClN2O. The molecule has 0 radical (unpaired) electrons. The molecule has 1 aromatic heterocycles. The van der Waals surface area contributed by atoms with Gasteiger partial charge in [-0.25, -0.2) is 4.98 Å². The number of nitrogens with zero attached hydrogens (tertiary/aromatic N) is 1. The molecule has 0 aliphatic carbocycles. The van der Waals surface area contributed by atoms with Crippen LogP contribution in [0.2, 0.25) is 5.02 Å². The molecule has 0 aromatic carbocycles. The zero-order valence-electron chi connectivity index (χ0n) is 6.26. The molecule has 66 valence electrons. The van der Waals surface area contributed by atoms with Crippen LogP contribution in [0.1, 0.15) is 0 Å². The summed E-state index contributed by atoms with van der Waals surface area (Å²) in [4.78, 5) is 3.96. The number of hydrogen-bond acceptors (Lipinski definition) is 3. The Morgan fingerprint density at radius 2 is 2.42 bits per heavy atom. The van der Waals surface area contributed by atoms with Crippen LogP contribution in [0.25, 0.3) is 0 Å². The second-order valence-corrected chi connectivity index (χ2v) is 3.21. The number of rotatable bonds is 3. The maximum atomic E-state index is 5.83. The summed E-state index contributed by atoms with van der Waals surface area (Å²) < 4.78 is 5.85. The van der Waals surface area contributed by atoms with Gasteiger partial charge < -0.3 is 10.5 Å². The standard InChI is InChI=1S/C7H8BrClN2O/c8-7-6(12-4-2-10)5(9)1-3-11-7/h1,3H,2,4,10H2. The van der Waals surface area contributed by atoms with Crippen molar-refractivity contribution in [3.05, 3.63) is 21.9 Å². The van der Waals surface area contributed by atoms with Gasteiger partial charge in [-0.2, -0.15) is 0 Å². The van der Waals surface area contributed by atoms with Crippen molar-refractivity contribution < 1.29 is 4.74 Å². The van der Waals surface area contributed by atoms with Gasteiger partial charge in [-0.05, 0) is 22.0 Å². The average Bonchev–Trinajstić information content (AvgIpc) is 2.04. The first kappa shape index (κ1) is 9.77. The van der Waals surface area contributed by atoms with Gasteiger partial charge in [0.2, 0.25) is 0 Å². The van der Waals surface area contributed by atoms with Crippen molar-refractivity contribution in [2.75, 3.05) is 13.2 Å². The summed E-state index contributed by atoms with van der Waals surface area (Å²) in [6, 6.07) is 1.66. The summed E-state index contributed by atoms with van der Waals surface area (Å²) >= 11 is 9.05. The average molecular weight is 252 g/mol. The molecule has 0 saturated heterocycles. The van der Waals surface area contributed by atoms with Gasteiger partial charge in [-0.1, -0.05) is 11.6 Å². The lowest BCUT2D eigenvalue weighted by Crippen LogP contribution is -2.11.